The van der Waals surface area contributed by atoms with Crippen LogP contribution in [0.4, 0.5) is 0 Å². The van der Waals surface area contributed by atoms with Gasteiger partial charge in [0.15, 0.2) is 5.76 Å². The average molecular weight is 302 g/mol. The predicted octanol–water partition coefficient (Wildman–Crippen LogP) is 2.08. The largest absolute Gasteiger partial charge is 0.439 e. The maximum Gasteiger partial charge on any atom is 0.211 e. The number of oxazole rings is 1. The van der Waals surface area contributed by atoms with Crippen LogP contribution in [0.3, 0.4) is 0 Å². The van der Waals surface area contributed by atoms with Crippen LogP contribution >= 0.6 is 0 Å². The molecule has 3 rings (SSSR count). The van der Waals surface area contributed by atoms with Crippen molar-refractivity contribution in [3.8, 4) is 11.3 Å². The maximum absolute atomic E-state index is 10.1. The molecular formula is C17H22N2O3. The SMILES string of the molecule is C[C@H](c1ncc(-c2ccccc2)o1)N1CC[C@@H](CO)[C@@H](O)C1. The molecule has 2 N–H and O–H groups in total. The van der Waals surface area contributed by atoms with E-state index in [1.54, 1.807) is 6.20 Å². The molecule has 118 valence electrons. The van der Waals surface area contributed by atoms with Gasteiger partial charge < -0.3 is 14.6 Å². The standard InChI is InChI=1S/C17H22N2O3/c1-12(19-8-7-14(11-20)15(21)10-19)17-18-9-16(22-17)13-5-3-2-4-6-13/h2-6,9,12,14-15,20-21H,7-8,10-11H2,1H3/t12-,14+,15+/m1/s1. The average Bonchev–Trinajstić information content (AvgIpc) is 3.05. The topological polar surface area (TPSA) is 69.7 Å². The van der Waals surface area contributed by atoms with E-state index in [1.807, 2.05) is 37.3 Å². The summed E-state index contributed by atoms with van der Waals surface area (Å²) in [7, 11) is 0. The van der Waals surface area contributed by atoms with Gasteiger partial charge in [0.1, 0.15) is 0 Å². The van der Waals surface area contributed by atoms with E-state index < -0.39 is 6.10 Å². The lowest BCUT2D eigenvalue weighted by Gasteiger charge is -2.37. The Hall–Kier alpha value is -1.69. The van der Waals surface area contributed by atoms with Crippen LogP contribution in [0, 0.1) is 5.92 Å². The quantitative estimate of drug-likeness (QED) is 0.905. The Bertz CT molecular complexity index is 599. The van der Waals surface area contributed by atoms with Gasteiger partial charge in [0.25, 0.3) is 0 Å². The molecule has 0 spiro atoms. The van der Waals surface area contributed by atoms with E-state index in [9.17, 15) is 10.2 Å². The molecule has 0 saturated carbocycles. The van der Waals surface area contributed by atoms with Crippen LogP contribution in [0.5, 0.6) is 0 Å². The molecule has 1 aliphatic heterocycles. The van der Waals surface area contributed by atoms with Crippen LogP contribution in [0.1, 0.15) is 25.3 Å². The third-order valence-corrected chi connectivity index (χ3v) is 4.47. The van der Waals surface area contributed by atoms with Crippen molar-refractivity contribution < 1.29 is 14.6 Å². The number of hydrogen-bond donors (Lipinski definition) is 2. The monoisotopic (exact) mass is 302 g/mol. The highest BCUT2D eigenvalue weighted by Gasteiger charge is 2.31. The molecule has 3 atom stereocenters. The molecule has 1 fully saturated rings. The second-order valence-electron chi connectivity index (χ2n) is 5.90. The summed E-state index contributed by atoms with van der Waals surface area (Å²) in [6, 6.07) is 9.90. The van der Waals surface area contributed by atoms with E-state index >= 15 is 0 Å². The lowest BCUT2D eigenvalue weighted by Crippen LogP contribution is -2.45. The molecule has 5 nitrogen and oxygen atoms in total. The van der Waals surface area contributed by atoms with Crippen molar-refractivity contribution in [2.45, 2.75) is 25.5 Å². The molecule has 2 aromatic rings. The van der Waals surface area contributed by atoms with E-state index in [-0.39, 0.29) is 18.6 Å². The van der Waals surface area contributed by atoms with Crippen LogP contribution in [0.25, 0.3) is 11.3 Å². The third kappa shape index (κ3) is 3.06. The number of nitrogens with zero attached hydrogens (tertiary/aromatic N) is 2. The second kappa shape index (κ2) is 6.60. The van der Waals surface area contributed by atoms with Crippen LogP contribution in [-0.4, -0.2) is 45.9 Å². The molecule has 1 aromatic heterocycles. The fraction of sp³-hybridized carbons (Fsp3) is 0.471. The Morgan fingerprint density at radius 1 is 1.36 bits per heavy atom. The van der Waals surface area contributed by atoms with E-state index in [1.165, 1.54) is 0 Å². The van der Waals surface area contributed by atoms with Gasteiger partial charge in [-0.2, -0.15) is 0 Å². The smallest absolute Gasteiger partial charge is 0.211 e. The minimum absolute atomic E-state index is 0.00625. The van der Waals surface area contributed by atoms with Crippen LogP contribution < -0.4 is 0 Å². The Labute approximate surface area is 130 Å². The summed E-state index contributed by atoms with van der Waals surface area (Å²) in [5, 5.41) is 19.3. The van der Waals surface area contributed by atoms with Crippen molar-refractivity contribution in [2.24, 2.45) is 5.92 Å². The van der Waals surface area contributed by atoms with Crippen LogP contribution in [0.15, 0.2) is 40.9 Å². The number of aliphatic hydroxyl groups excluding tert-OH is 2. The summed E-state index contributed by atoms with van der Waals surface area (Å²) >= 11 is 0. The molecule has 1 saturated heterocycles. The number of aromatic nitrogens is 1. The summed E-state index contributed by atoms with van der Waals surface area (Å²) in [6.45, 7) is 3.44. The minimum Gasteiger partial charge on any atom is -0.439 e. The zero-order chi connectivity index (χ0) is 15.5. The van der Waals surface area contributed by atoms with Crippen molar-refractivity contribution >= 4 is 0 Å². The molecular weight excluding hydrogens is 280 g/mol. The normalized spacial score (nSPS) is 24.3. The van der Waals surface area contributed by atoms with Gasteiger partial charge >= 0.3 is 0 Å². The van der Waals surface area contributed by atoms with Crippen molar-refractivity contribution in [3.05, 3.63) is 42.4 Å². The summed E-state index contributed by atoms with van der Waals surface area (Å²) in [6.07, 6.45) is 2.04. The molecule has 0 amide bonds. The van der Waals surface area contributed by atoms with Gasteiger partial charge in [-0.1, -0.05) is 30.3 Å². The highest BCUT2D eigenvalue weighted by Crippen LogP contribution is 2.29. The molecule has 1 aliphatic rings. The number of β-amino-alcohol motifs (C(OH)–C–C–N with tert-alkyl or cyclic N) is 1. The molecule has 0 unspecified atom stereocenters. The number of rotatable bonds is 4. The highest BCUT2D eigenvalue weighted by atomic mass is 16.4. The first-order valence-electron chi connectivity index (χ1n) is 7.73. The van der Waals surface area contributed by atoms with Gasteiger partial charge in [-0.3, -0.25) is 4.90 Å². The number of aliphatic hydroxyl groups is 2. The number of likely N-dealkylation sites (tertiary alicyclic amines) is 1. The minimum atomic E-state index is -0.496. The Morgan fingerprint density at radius 2 is 2.14 bits per heavy atom. The molecule has 5 heteroatoms. The zero-order valence-electron chi connectivity index (χ0n) is 12.7. The maximum atomic E-state index is 10.1. The summed E-state index contributed by atoms with van der Waals surface area (Å²) in [4.78, 5) is 6.54. The van der Waals surface area contributed by atoms with Gasteiger partial charge in [0.2, 0.25) is 5.89 Å². The predicted molar refractivity (Wildman–Crippen MR) is 83.1 cm³/mol. The van der Waals surface area contributed by atoms with Gasteiger partial charge in [-0.25, -0.2) is 4.98 Å². The zero-order valence-corrected chi connectivity index (χ0v) is 12.7. The van der Waals surface area contributed by atoms with E-state index in [2.05, 4.69) is 9.88 Å². The summed E-state index contributed by atoms with van der Waals surface area (Å²) in [5.74, 6) is 1.40. The van der Waals surface area contributed by atoms with Gasteiger partial charge in [0, 0.05) is 24.6 Å². The van der Waals surface area contributed by atoms with Crippen molar-refractivity contribution in [3.63, 3.8) is 0 Å². The van der Waals surface area contributed by atoms with Gasteiger partial charge in [-0.15, -0.1) is 0 Å². The van der Waals surface area contributed by atoms with E-state index in [0.717, 1.165) is 24.3 Å². The fourth-order valence-corrected chi connectivity index (χ4v) is 2.94. The first-order valence-corrected chi connectivity index (χ1v) is 7.73. The molecule has 2 heterocycles. The first-order chi connectivity index (χ1) is 10.7. The van der Waals surface area contributed by atoms with Crippen molar-refractivity contribution in [2.75, 3.05) is 19.7 Å². The Morgan fingerprint density at radius 3 is 2.82 bits per heavy atom. The molecule has 1 aromatic carbocycles. The fourth-order valence-electron chi connectivity index (χ4n) is 2.94. The van der Waals surface area contributed by atoms with E-state index in [0.29, 0.717) is 12.4 Å². The Balaban J connectivity index is 1.71. The lowest BCUT2D eigenvalue weighted by molar-refractivity contribution is -0.0177. The first kappa shape index (κ1) is 15.2. The second-order valence-corrected chi connectivity index (χ2v) is 5.90. The molecule has 0 radical (unpaired) electrons. The van der Waals surface area contributed by atoms with Gasteiger partial charge in [-0.05, 0) is 19.9 Å². The molecule has 0 bridgehead atoms. The number of piperidine rings is 1. The Kier molecular flexibility index (Phi) is 4.57. The summed E-state index contributed by atoms with van der Waals surface area (Å²) < 4.78 is 5.89. The van der Waals surface area contributed by atoms with Crippen molar-refractivity contribution in [1.29, 1.82) is 0 Å². The number of hydrogen-bond acceptors (Lipinski definition) is 5. The van der Waals surface area contributed by atoms with Crippen LogP contribution in [-0.2, 0) is 0 Å². The van der Waals surface area contributed by atoms with E-state index in [4.69, 9.17) is 4.42 Å². The highest BCUT2D eigenvalue weighted by molar-refractivity contribution is 5.55. The van der Waals surface area contributed by atoms with Gasteiger partial charge in [0.05, 0.1) is 18.3 Å². The lowest BCUT2D eigenvalue weighted by atomic mass is 9.94. The number of benzene rings is 1. The molecule has 0 aliphatic carbocycles. The van der Waals surface area contributed by atoms with Crippen LogP contribution in [0.2, 0.25) is 0 Å². The third-order valence-electron chi connectivity index (χ3n) is 4.47. The van der Waals surface area contributed by atoms with Crippen molar-refractivity contribution in [1.82, 2.24) is 9.88 Å². The molecule has 22 heavy (non-hydrogen) atoms. The summed E-state index contributed by atoms with van der Waals surface area (Å²) in [5.41, 5.74) is 1.01.